The minimum atomic E-state index is -0.248. The van der Waals surface area contributed by atoms with Gasteiger partial charge in [0.15, 0.2) is 0 Å². The Morgan fingerprint density at radius 3 is 2.89 bits per heavy atom. The zero-order valence-electron chi connectivity index (χ0n) is 15.0. The maximum Gasteiger partial charge on any atom is 0.213 e. The van der Waals surface area contributed by atoms with Crippen LogP contribution in [-0.2, 0) is 0 Å². The molecule has 2 aliphatic rings. The molecule has 0 fully saturated rings. The Kier molecular flexibility index (Phi) is 3.49. The molecule has 2 aromatic heterocycles. The molecule has 0 spiro atoms. The lowest BCUT2D eigenvalue weighted by molar-refractivity contribution is -0.0189. The minimum absolute atomic E-state index is 0.191. The van der Waals surface area contributed by atoms with Gasteiger partial charge in [-0.2, -0.15) is 5.10 Å². The molecule has 0 radical (unpaired) electrons. The van der Waals surface area contributed by atoms with Crippen LogP contribution in [0.2, 0.25) is 0 Å². The maximum absolute atomic E-state index is 6.45. The van der Waals surface area contributed by atoms with Gasteiger partial charge in [0, 0.05) is 29.1 Å². The van der Waals surface area contributed by atoms with Crippen molar-refractivity contribution < 1.29 is 4.74 Å². The molecule has 2 aliphatic heterocycles. The van der Waals surface area contributed by atoms with Crippen LogP contribution in [0.4, 0.5) is 0 Å². The van der Waals surface area contributed by atoms with Crippen LogP contribution in [0.5, 0.6) is 5.75 Å². The number of para-hydroxylation sites is 1. The average molecular weight is 383 g/mol. The van der Waals surface area contributed by atoms with Gasteiger partial charge in [-0.1, -0.05) is 36.4 Å². The molecule has 0 amide bonds. The van der Waals surface area contributed by atoms with E-state index in [0.29, 0.717) is 0 Å². The molecule has 136 valence electrons. The summed E-state index contributed by atoms with van der Waals surface area (Å²) in [6.07, 6.45) is 2.47. The summed E-state index contributed by atoms with van der Waals surface area (Å²) in [4.78, 5) is 5.67. The Morgan fingerprint density at radius 2 is 1.96 bits per heavy atom. The van der Waals surface area contributed by atoms with Crippen LogP contribution >= 0.6 is 11.3 Å². The number of aromatic nitrogens is 1. The number of nitrogens with zero attached hydrogens (tertiary/aromatic N) is 3. The topological polar surface area (TPSA) is 37.7 Å². The summed E-state index contributed by atoms with van der Waals surface area (Å²) in [5.41, 5.74) is 4.42. The lowest BCUT2D eigenvalue weighted by Crippen LogP contribution is -2.33. The van der Waals surface area contributed by atoms with Gasteiger partial charge in [-0.15, -0.1) is 11.3 Å². The molecule has 0 saturated heterocycles. The van der Waals surface area contributed by atoms with E-state index >= 15 is 0 Å². The second-order valence-corrected chi connectivity index (χ2v) is 8.04. The van der Waals surface area contributed by atoms with E-state index in [4.69, 9.17) is 9.84 Å². The third-order valence-corrected chi connectivity index (χ3v) is 6.34. The molecule has 0 N–H and O–H groups in total. The van der Waals surface area contributed by atoms with Crippen molar-refractivity contribution in [1.82, 2.24) is 9.99 Å². The highest BCUT2D eigenvalue weighted by Crippen LogP contribution is 2.47. The average Bonchev–Trinajstić information content (AvgIpc) is 3.43. The summed E-state index contributed by atoms with van der Waals surface area (Å²) < 4.78 is 6.45. The first-order valence-corrected chi connectivity index (χ1v) is 10.2. The van der Waals surface area contributed by atoms with Gasteiger partial charge in [-0.05, 0) is 35.7 Å². The SMILES string of the molecule is c1csc(C2=NN3[C@H](C2)c2ccccc2O[C@H]3c2ccc3ncccc3c2)c1. The van der Waals surface area contributed by atoms with Crippen molar-refractivity contribution in [3.8, 4) is 5.75 Å². The van der Waals surface area contributed by atoms with Crippen LogP contribution in [0.3, 0.4) is 0 Å². The molecule has 4 aromatic rings. The van der Waals surface area contributed by atoms with Crippen molar-refractivity contribution in [3.63, 3.8) is 0 Å². The van der Waals surface area contributed by atoms with Gasteiger partial charge < -0.3 is 4.74 Å². The van der Waals surface area contributed by atoms with Crippen LogP contribution in [0.25, 0.3) is 10.9 Å². The number of thiophene rings is 1. The number of pyridine rings is 1. The Hall–Kier alpha value is -3.18. The maximum atomic E-state index is 6.45. The van der Waals surface area contributed by atoms with Gasteiger partial charge in [0.25, 0.3) is 0 Å². The summed E-state index contributed by atoms with van der Waals surface area (Å²) in [7, 11) is 0. The Bertz CT molecular complexity index is 1200. The van der Waals surface area contributed by atoms with Gasteiger partial charge in [-0.25, -0.2) is 5.01 Å². The Morgan fingerprint density at radius 1 is 1.00 bits per heavy atom. The lowest BCUT2D eigenvalue weighted by atomic mass is 9.97. The summed E-state index contributed by atoms with van der Waals surface area (Å²) in [6.45, 7) is 0. The highest BCUT2D eigenvalue weighted by molar-refractivity contribution is 7.12. The Labute approximate surface area is 166 Å². The number of benzene rings is 2. The number of hydrogen-bond acceptors (Lipinski definition) is 5. The first-order chi connectivity index (χ1) is 13.9. The smallest absolute Gasteiger partial charge is 0.213 e. The van der Waals surface area contributed by atoms with Crippen LogP contribution in [0.15, 0.2) is 83.4 Å². The van der Waals surface area contributed by atoms with E-state index in [0.717, 1.165) is 34.3 Å². The van der Waals surface area contributed by atoms with Crippen molar-refractivity contribution in [2.45, 2.75) is 18.7 Å². The quantitative estimate of drug-likeness (QED) is 0.456. The number of ether oxygens (including phenoxy) is 1. The van der Waals surface area contributed by atoms with Crippen molar-refractivity contribution in [3.05, 3.63) is 94.3 Å². The third-order valence-electron chi connectivity index (χ3n) is 5.42. The molecule has 0 unspecified atom stereocenters. The molecular weight excluding hydrogens is 366 g/mol. The second-order valence-electron chi connectivity index (χ2n) is 7.09. The van der Waals surface area contributed by atoms with Crippen LogP contribution in [0.1, 0.15) is 34.7 Å². The van der Waals surface area contributed by atoms with E-state index in [-0.39, 0.29) is 12.3 Å². The fourth-order valence-electron chi connectivity index (χ4n) is 4.09. The molecule has 0 aliphatic carbocycles. The number of hydrogen-bond donors (Lipinski definition) is 0. The normalized spacial score (nSPS) is 20.4. The zero-order valence-corrected chi connectivity index (χ0v) is 15.8. The second kappa shape index (κ2) is 6.17. The van der Waals surface area contributed by atoms with E-state index in [1.165, 1.54) is 10.4 Å². The van der Waals surface area contributed by atoms with Gasteiger partial charge in [0.2, 0.25) is 6.23 Å². The molecule has 0 bridgehead atoms. The molecule has 4 nitrogen and oxygen atoms in total. The number of fused-ring (bicyclic) bond motifs is 4. The fourth-order valence-corrected chi connectivity index (χ4v) is 4.81. The van der Waals surface area contributed by atoms with Crippen LogP contribution in [-0.4, -0.2) is 15.7 Å². The van der Waals surface area contributed by atoms with Crippen LogP contribution in [0, 0.1) is 0 Å². The first-order valence-electron chi connectivity index (χ1n) is 9.37. The predicted octanol–water partition coefficient (Wildman–Crippen LogP) is 5.54. The standard InChI is InChI=1S/C23H17N3OS/c1-2-7-21-17(6-1)20-14-19(22-8-4-12-28-22)25-26(20)23(27-21)16-9-10-18-15(13-16)5-3-11-24-18/h1-13,20,23H,14H2/t20-,23+/m1/s1. The van der Waals surface area contributed by atoms with Crippen LogP contribution < -0.4 is 4.74 Å². The lowest BCUT2D eigenvalue weighted by Gasteiger charge is -2.38. The van der Waals surface area contributed by atoms with Crippen molar-refractivity contribution in [2.24, 2.45) is 5.10 Å². The van der Waals surface area contributed by atoms with E-state index in [9.17, 15) is 0 Å². The highest BCUT2D eigenvalue weighted by Gasteiger charge is 2.41. The first kappa shape index (κ1) is 15.8. The van der Waals surface area contributed by atoms with Gasteiger partial charge >= 0.3 is 0 Å². The zero-order chi connectivity index (χ0) is 18.5. The predicted molar refractivity (Wildman–Crippen MR) is 112 cm³/mol. The monoisotopic (exact) mass is 383 g/mol. The third kappa shape index (κ3) is 2.43. The van der Waals surface area contributed by atoms with Crippen molar-refractivity contribution >= 4 is 28.0 Å². The molecular formula is C23H17N3OS. The van der Waals surface area contributed by atoms with Crippen molar-refractivity contribution in [2.75, 3.05) is 0 Å². The summed E-state index contributed by atoms with van der Waals surface area (Å²) in [5, 5.41) is 10.4. The van der Waals surface area contributed by atoms with E-state index in [1.54, 1.807) is 11.3 Å². The van der Waals surface area contributed by atoms with E-state index < -0.39 is 0 Å². The van der Waals surface area contributed by atoms with Gasteiger partial charge in [-0.3, -0.25) is 4.98 Å². The molecule has 5 heteroatoms. The molecule has 6 rings (SSSR count). The largest absolute Gasteiger partial charge is 0.464 e. The van der Waals surface area contributed by atoms with E-state index in [1.807, 2.05) is 18.3 Å². The number of hydrazone groups is 1. The highest BCUT2D eigenvalue weighted by atomic mass is 32.1. The summed E-state index contributed by atoms with van der Waals surface area (Å²) in [6, 6.07) is 23.1. The fraction of sp³-hybridized carbons (Fsp3) is 0.130. The minimum Gasteiger partial charge on any atom is -0.464 e. The Balaban J connectivity index is 1.48. The molecule has 4 heterocycles. The molecule has 28 heavy (non-hydrogen) atoms. The molecule has 0 saturated carbocycles. The van der Waals surface area contributed by atoms with Crippen molar-refractivity contribution in [1.29, 1.82) is 0 Å². The summed E-state index contributed by atoms with van der Waals surface area (Å²) >= 11 is 1.74. The molecule has 2 aromatic carbocycles. The van der Waals surface area contributed by atoms with E-state index in [2.05, 4.69) is 70.0 Å². The van der Waals surface area contributed by atoms with Gasteiger partial charge in [0.05, 0.1) is 22.1 Å². The van der Waals surface area contributed by atoms with Gasteiger partial charge in [0.1, 0.15) is 5.75 Å². The number of rotatable bonds is 2. The summed E-state index contributed by atoms with van der Waals surface area (Å²) in [5.74, 6) is 0.947. The molecule has 2 atom stereocenters.